The van der Waals surface area contributed by atoms with Crippen molar-refractivity contribution in [3.05, 3.63) is 35.9 Å². The zero-order valence-corrected chi connectivity index (χ0v) is 10.5. The minimum atomic E-state index is -0.152. The number of hydrogen-bond donors (Lipinski definition) is 0. The van der Waals surface area contributed by atoms with Crippen molar-refractivity contribution < 1.29 is 14.3 Å². The Morgan fingerprint density at radius 2 is 2.00 bits per heavy atom. The molecule has 0 aliphatic heterocycles. The third kappa shape index (κ3) is 6.07. The number of esters is 1. The largest absolute Gasteiger partial charge is 0.463 e. The third-order valence-corrected chi connectivity index (χ3v) is 2.40. The van der Waals surface area contributed by atoms with Crippen molar-refractivity contribution in [2.24, 2.45) is 0 Å². The quantitative estimate of drug-likeness (QED) is 0.539. The molecular formula is C14H20O3. The van der Waals surface area contributed by atoms with E-state index in [1.165, 1.54) is 0 Å². The molecule has 0 unspecified atom stereocenters. The molecule has 0 aliphatic rings. The van der Waals surface area contributed by atoms with Gasteiger partial charge in [-0.3, -0.25) is 4.79 Å². The topological polar surface area (TPSA) is 35.5 Å². The minimum absolute atomic E-state index is 0.0711. The molecule has 0 saturated heterocycles. The summed E-state index contributed by atoms with van der Waals surface area (Å²) in [6.45, 7) is 4.89. The second-order valence-electron chi connectivity index (χ2n) is 3.98. The minimum Gasteiger partial charge on any atom is -0.463 e. The summed E-state index contributed by atoms with van der Waals surface area (Å²) in [7, 11) is 0. The lowest BCUT2D eigenvalue weighted by atomic mass is 10.2. The van der Waals surface area contributed by atoms with Crippen LogP contribution in [-0.2, 0) is 20.9 Å². The van der Waals surface area contributed by atoms with Crippen LogP contribution in [-0.4, -0.2) is 18.7 Å². The monoisotopic (exact) mass is 236 g/mol. The van der Waals surface area contributed by atoms with Crippen LogP contribution in [0.4, 0.5) is 0 Å². The predicted molar refractivity (Wildman–Crippen MR) is 66.6 cm³/mol. The Balaban J connectivity index is 2.10. The first-order valence-electron chi connectivity index (χ1n) is 6.03. The van der Waals surface area contributed by atoms with Gasteiger partial charge in [0.05, 0.1) is 13.2 Å². The summed E-state index contributed by atoms with van der Waals surface area (Å²) in [4.78, 5) is 11.0. The van der Waals surface area contributed by atoms with Crippen LogP contribution in [0.3, 0.4) is 0 Å². The number of ether oxygens (including phenoxy) is 2. The summed E-state index contributed by atoms with van der Waals surface area (Å²) >= 11 is 0. The first kappa shape index (κ1) is 13.7. The van der Waals surface area contributed by atoms with Gasteiger partial charge in [0, 0.05) is 12.8 Å². The highest BCUT2D eigenvalue weighted by Gasteiger charge is 2.06. The smallest absolute Gasteiger partial charge is 0.305 e. The van der Waals surface area contributed by atoms with Crippen molar-refractivity contribution in [2.45, 2.75) is 39.4 Å². The molecule has 0 fully saturated rings. The molecule has 1 aromatic rings. The highest BCUT2D eigenvalue weighted by Crippen LogP contribution is 2.04. The van der Waals surface area contributed by atoms with E-state index in [1.54, 1.807) is 6.92 Å². The molecular weight excluding hydrogens is 216 g/mol. The molecule has 0 spiro atoms. The molecule has 1 atom stereocenters. The zero-order valence-electron chi connectivity index (χ0n) is 10.5. The molecule has 0 aliphatic carbocycles. The van der Waals surface area contributed by atoms with Crippen LogP contribution in [0.5, 0.6) is 0 Å². The second-order valence-corrected chi connectivity index (χ2v) is 3.98. The Bertz CT molecular complexity index is 321. The van der Waals surface area contributed by atoms with Crippen LogP contribution in [0, 0.1) is 0 Å². The maximum atomic E-state index is 11.0. The van der Waals surface area contributed by atoms with Gasteiger partial charge in [0.1, 0.15) is 6.10 Å². The maximum absolute atomic E-state index is 11.0. The van der Waals surface area contributed by atoms with Crippen LogP contribution in [0.2, 0.25) is 0 Å². The fourth-order valence-electron chi connectivity index (χ4n) is 1.38. The van der Waals surface area contributed by atoms with Crippen molar-refractivity contribution in [3.63, 3.8) is 0 Å². The normalized spacial score (nSPS) is 12.1. The SMILES string of the molecule is CCC(=O)O[C@@H](C)CCOCc1ccccc1. The van der Waals surface area contributed by atoms with Gasteiger partial charge >= 0.3 is 5.97 Å². The average Bonchev–Trinajstić information content (AvgIpc) is 2.36. The van der Waals surface area contributed by atoms with Crippen molar-refractivity contribution in [1.82, 2.24) is 0 Å². The fraction of sp³-hybridized carbons (Fsp3) is 0.500. The Labute approximate surface area is 103 Å². The standard InChI is InChI=1S/C14H20O3/c1-3-14(15)17-12(2)9-10-16-11-13-7-5-4-6-8-13/h4-8,12H,3,9-11H2,1-2H3/t12-/m0/s1. The molecule has 3 nitrogen and oxygen atoms in total. The van der Waals surface area contributed by atoms with Gasteiger partial charge in [-0.15, -0.1) is 0 Å². The second kappa shape index (κ2) is 7.85. The summed E-state index contributed by atoms with van der Waals surface area (Å²) in [5.41, 5.74) is 1.16. The van der Waals surface area contributed by atoms with E-state index < -0.39 is 0 Å². The Kier molecular flexibility index (Phi) is 6.33. The predicted octanol–water partition coefficient (Wildman–Crippen LogP) is 2.94. The number of benzene rings is 1. The van der Waals surface area contributed by atoms with Gasteiger partial charge in [-0.1, -0.05) is 37.3 Å². The van der Waals surface area contributed by atoms with Gasteiger partial charge in [-0.25, -0.2) is 0 Å². The molecule has 94 valence electrons. The summed E-state index contributed by atoms with van der Waals surface area (Å²) < 4.78 is 10.6. The van der Waals surface area contributed by atoms with E-state index in [0.717, 1.165) is 12.0 Å². The van der Waals surface area contributed by atoms with Crippen LogP contribution in [0.1, 0.15) is 32.3 Å². The highest BCUT2D eigenvalue weighted by molar-refractivity contribution is 5.69. The van der Waals surface area contributed by atoms with Crippen molar-refractivity contribution in [3.8, 4) is 0 Å². The molecule has 0 amide bonds. The molecule has 0 aromatic heterocycles. The van der Waals surface area contributed by atoms with Gasteiger partial charge in [0.25, 0.3) is 0 Å². The van der Waals surface area contributed by atoms with Crippen molar-refractivity contribution in [1.29, 1.82) is 0 Å². The Morgan fingerprint density at radius 1 is 1.29 bits per heavy atom. The first-order valence-corrected chi connectivity index (χ1v) is 6.03. The molecule has 0 saturated carbocycles. The third-order valence-electron chi connectivity index (χ3n) is 2.40. The molecule has 1 aromatic carbocycles. The van der Waals surface area contributed by atoms with Crippen molar-refractivity contribution >= 4 is 5.97 Å². The maximum Gasteiger partial charge on any atom is 0.305 e. The molecule has 0 radical (unpaired) electrons. The number of rotatable bonds is 7. The van der Waals surface area contributed by atoms with E-state index in [2.05, 4.69) is 0 Å². The van der Waals surface area contributed by atoms with Crippen LogP contribution < -0.4 is 0 Å². The zero-order chi connectivity index (χ0) is 12.5. The van der Waals surface area contributed by atoms with Gasteiger partial charge < -0.3 is 9.47 Å². The number of hydrogen-bond acceptors (Lipinski definition) is 3. The first-order chi connectivity index (χ1) is 8.22. The van der Waals surface area contributed by atoms with Crippen LogP contribution in [0.25, 0.3) is 0 Å². The summed E-state index contributed by atoms with van der Waals surface area (Å²) in [6.07, 6.45) is 1.09. The molecule has 0 bridgehead atoms. The Morgan fingerprint density at radius 3 is 2.65 bits per heavy atom. The van der Waals surface area contributed by atoms with E-state index in [-0.39, 0.29) is 12.1 Å². The number of carbonyl (C=O) groups excluding carboxylic acids is 1. The lowest BCUT2D eigenvalue weighted by Crippen LogP contribution is -2.16. The lowest BCUT2D eigenvalue weighted by Gasteiger charge is -2.12. The van der Waals surface area contributed by atoms with Gasteiger partial charge in [0.15, 0.2) is 0 Å². The Hall–Kier alpha value is -1.35. The van der Waals surface area contributed by atoms with E-state index >= 15 is 0 Å². The molecule has 0 N–H and O–H groups in total. The van der Waals surface area contributed by atoms with Crippen LogP contribution in [0.15, 0.2) is 30.3 Å². The van der Waals surface area contributed by atoms with E-state index in [0.29, 0.717) is 19.6 Å². The van der Waals surface area contributed by atoms with Gasteiger partial charge in [0.2, 0.25) is 0 Å². The summed E-state index contributed by atoms with van der Waals surface area (Å²) in [5, 5.41) is 0. The van der Waals surface area contributed by atoms with Crippen LogP contribution >= 0.6 is 0 Å². The van der Waals surface area contributed by atoms with E-state index in [4.69, 9.17) is 9.47 Å². The fourth-order valence-corrected chi connectivity index (χ4v) is 1.38. The molecule has 0 heterocycles. The summed E-state index contributed by atoms with van der Waals surface area (Å²) in [6, 6.07) is 10.0. The molecule has 17 heavy (non-hydrogen) atoms. The highest BCUT2D eigenvalue weighted by atomic mass is 16.5. The number of carbonyl (C=O) groups is 1. The van der Waals surface area contributed by atoms with Gasteiger partial charge in [-0.2, -0.15) is 0 Å². The summed E-state index contributed by atoms with van der Waals surface area (Å²) in [5.74, 6) is -0.152. The van der Waals surface area contributed by atoms with Gasteiger partial charge in [-0.05, 0) is 12.5 Å². The molecule has 1 rings (SSSR count). The molecule has 3 heteroatoms. The van der Waals surface area contributed by atoms with Crippen molar-refractivity contribution in [2.75, 3.05) is 6.61 Å². The van der Waals surface area contributed by atoms with E-state index in [1.807, 2.05) is 37.3 Å². The van der Waals surface area contributed by atoms with E-state index in [9.17, 15) is 4.79 Å². The lowest BCUT2D eigenvalue weighted by molar-refractivity contribution is -0.148. The average molecular weight is 236 g/mol.